The zero-order valence-electron chi connectivity index (χ0n) is 20.9. The highest BCUT2D eigenvalue weighted by atomic mass is 16.5. The predicted molar refractivity (Wildman–Crippen MR) is 139 cm³/mol. The Labute approximate surface area is 212 Å². The Balaban J connectivity index is 1.31. The number of benzene rings is 2. The lowest BCUT2D eigenvalue weighted by Gasteiger charge is -2.27. The second kappa shape index (κ2) is 11.4. The number of carbonyl (C=O) groups is 3. The molecule has 0 radical (unpaired) electrons. The average Bonchev–Trinajstić information content (AvgIpc) is 3.32. The van der Waals surface area contributed by atoms with Crippen LogP contribution < -0.4 is 5.32 Å². The number of ketones is 2. The van der Waals surface area contributed by atoms with E-state index in [1.54, 1.807) is 12.1 Å². The predicted octanol–water partition coefficient (Wildman–Crippen LogP) is 3.54. The highest BCUT2D eigenvalue weighted by molar-refractivity contribution is 6.30. The number of morpholine rings is 1. The van der Waals surface area contributed by atoms with Gasteiger partial charge in [-0.25, -0.2) is 0 Å². The molecule has 3 aliphatic rings. The third-order valence-corrected chi connectivity index (χ3v) is 7.53. The summed E-state index contributed by atoms with van der Waals surface area (Å²) in [7, 11) is 0. The van der Waals surface area contributed by atoms with Crippen molar-refractivity contribution in [1.82, 2.24) is 9.80 Å². The van der Waals surface area contributed by atoms with E-state index >= 15 is 0 Å². The Hall–Kier alpha value is -3.03. The van der Waals surface area contributed by atoms with Crippen molar-refractivity contribution in [2.75, 3.05) is 57.8 Å². The van der Waals surface area contributed by atoms with E-state index in [4.69, 9.17) is 4.74 Å². The summed E-state index contributed by atoms with van der Waals surface area (Å²) in [6, 6.07) is 11.1. The number of unbranched alkanes of at least 4 members (excludes halogenated alkanes) is 1. The summed E-state index contributed by atoms with van der Waals surface area (Å²) in [6.07, 6.45) is 5.02. The fraction of sp³-hybridized carbons (Fsp3) is 0.483. The Morgan fingerprint density at radius 1 is 0.806 bits per heavy atom. The molecular formula is C29H35N3O4. The van der Waals surface area contributed by atoms with Gasteiger partial charge in [-0.3, -0.25) is 19.3 Å². The number of nitrogens with zero attached hydrogens (tertiary/aromatic N) is 2. The molecule has 1 N–H and O–H groups in total. The molecule has 1 aliphatic carbocycles. The number of likely N-dealkylation sites (tertiary alicyclic amines) is 1. The van der Waals surface area contributed by atoms with Gasteiger partial charge in [0.15, 0.2) is 11.6 Å². The Bertz CT molecular complexity index is 1140. The number of carbonyl (C=O) groups excluding carboxylic acids is 3. The molecule has 0 bridgehead atoms. The lowest BCUT2D eigenvalue weighted by molar-refractivity contribution is -0.127. The summed E-state index contributed by atoms with van der Waals surface area (Å²) in [4.78, 5) is 43.4. The number of ether oxygens (including phenoxy) is 1. The second-order valence-electron chi connectivity index (χ2n) is 9.90. The average molecular weight is 490 g/mol. The normalized spacial score (nSPS) is 17.9. The zero-order chi connectivity index (χ0) is 24.9. The molecule has 190 valence electrons. The molecule has 0 aromatic heterocycles. The number of hydrogen-bond acceptors (Lipinski definition) is 6. The van der Waals surface area contributed by atoms with Gasteiger partial charge in [0.1, 0.15) is 0 Å². The molecule has 2 fully saturated rings. The molecular weight excluding hydrogens is 454 g/mol. The molecule has 2 saturated heterocycles. The van der Waals surface area contributed by atoms with Gasteiger partial charge in [-0.2, -0.15) is 0 Å². The molecule has 2 heterocycles. The van der Waals surface area contributed by atoms with Crippen molar-refractivity contribution in [2.45, 2.75) is 38.5 Å². The number of anilines is 1. The number of hydrogen-bond donors (Lipinski definition) is 1. The van der Waals surface area contributed by atoms with E-state index in [-0.39, 0.29) is 17.5 Å². The summed E-state index contributed by atoms with van der Waals surface area (Å²) in [5.74, 6) is 0.0936. The summed E-state index contributed by atoms with van der Waals surface area (Å²) in [5.41, 5.74) is 3.70. The Morgan fingerprint density at radius 3 is 2.28 bits per heavy atom. The molecule has 0 spiro atoms. The van der Waals surface area contributed by atoms with Gasteiger partial charge < -0.3 is 15.0 Å². The highest BCUT2D eigenvalue weighted by Gasteiger charge is 2.33. The molecule has 2 aromatic rings. The first kappa shape index (κ1) is 24.7. The molecule has 36 heavy (non-hydrogen) atoms. The van der Waals surface area contributed by atoms with Crippen molar-refractivity contribution < 1.29 is 19.1 Å². The zero-order valence-corrected chi connectivity index (χ0v) is 20.9. The van der Waals surface area contributed by atoms with Crippen LogP contribution in [0, 0.1) is 0 Å². The number of nitrogens with one attached hydrogen (secondary N) is 1. The Morgan fingerprint density at radius 2 is 1.56 bits per heavy atom. The lowest BCUT2D eigenvalue weighted by Crippen LogP contribution is -2.37. The first-order valence-corrected chi connectivity index (χ1v) is 13.3. The van der Waals surface area contributed by atoms with Crippen molar-refractivity contribution in [3.05, 3.63) is 64.2 Å². The molecule has 2 aliphatic heterocycles. The number of fused-ring (bicyclic) bond motifs is 2. The van der Waals surface area contributed by atoms with E-state index in [1.165, 1.54) is 0 Å². The van der Waals surface area contributed by atoms with Crippen LogP contribution in [0.25, 0.3) is 0 Å². The fourth-order valence-electron chi connectivity index (χ4n) is 5.55. The fourth-order valence-corrected chi connectivity index (χ4v) is 5.55. The number of aryl methyl sites for hydroxylation is 1. The second-order valence-corrected chi connectivity index (χ2v) is 9.90. The van der Waals surface area contributed by atoms with Crippen molar-refractivity contribution in [3.8, 4) is 0 Å². The molecule has 0 unspecified atom stereocenters. The summed E-state index contributed by atoms with van der Waals surface area (Å²) < 4.78 is 5.42. The van der Waals surface area contributed by atoms with Crippen LogP contribution in [0.1, 0.15) is 69.5 Å². The van der Waals surface area contributed by atoms with Gasteiger partial charge in [0.25, 0.3) is 0 Å². The lowest BCUT2D eigenvalue weighted by atomic mass is 9.80. The van der Waals surface area contributed by atoms with Gasteiger partial charge in [0, 0.05) is 61.5 Å². The minimum atomic E-state index is -0.0830. The van der Waals surface area contributed by atoms with Crippen molar-refractivity contribution in [2.24, 2.45) is 0 Å². The summed E-state index contributed by atoms with van der Waals surface area (Å²) in [6.45, 7) is 6.81. The molecule has 7 nitrogen and oxygen atoms in total. The van der Waals surface area contributed by atoms with Crippen LogP contribution in [-0.2, 0) is 16.0 Å². The summed E-state index contributed by atoms with van der Waals surface area (Å²) in [5, 5.41) is 3.46. The quantitative estimate of drug-likeness (QED) is 0.439. The van der Waals surface area contributed by atoms with E-state index in [1.807, 2.05) is 29.2 Å². The Kier molecular flexibility index (Phi) is 7.78. The number of amides is 1. The van der Waals surface area contributed by atoms with E-state index in [2.05, 4.69) is 10.2 Å². The first-order valence-electron chi connectivity index (χ1n) is 13.3. The van der Waals surface area contributed by atoms with E-state index in [9.17, 15) is 14.4 Å². The van der Waals surface area contributed by atoms with E-state index in [0.717, 1.165) is 89.4 Å². The van der Waals surface area contributed by atoms with Crippen LogP contribution in [-0.4, -0.2) is 79.8 Å². The molecule has 0 atom stereocenters. The smallest absolute Gasteiger partial charge is 0.222 e. The standard InChI is InChI=1S/C29H35N3O4/c33-25-10-5-16-32(25)15-4-3-7-21-11-12-24(30-13-6-14-31-17-19-36-20-18-31)27-26(21)28(34)22-8-1-2-9-23(22)29(27)35/h1-2,8-9,11-12,30H,3-7,10,13-20H2. The third-order valence-electron chi connectivity index (χ3n) is 7.53. The maximum absolute atomic E-state index is 13.6. The van der Waals surface area contributed by atoms with Crippen LogP contribution in [0.2, 0.25) is 0 Å². The van der Waals surface area contributed by atoms with Gasteiger partial charge in [0.2, 0.25) is 5.91 Å². The topological polar surface area (TPSA) is 79.0 Å². The SMILES string of the molecule is O=C1c2ccccc2C(=O)c2c(NCCCN3CCOCC3)ccc(CCCCN3CCCC3=O)c21. The van der Waals surface area contributed by atoms with Gasteiger partial charge in [-0.05, 0) is 50.3 Å². The minimum Gasteiger partial charge on any atom is -0.384 e. The third kappa shape index (κ3) is 5.22. The summed E-state index contributed by atoms with van der Waals surface area (Å²) >= 11 is 0. The van der Waals surface area contributed by atoms with Gasteiger partial charge in [0.05, 0.1) is 18.8 Å². The molecule has 0 saturated carbocycles. The van der Waals surface area contributed by atoms with Crippen LogP contribution in [0.15, 0.2) is 36.4 Å². The van der Waals surface area contributed by atoms with Crippen LogP contribution in [0.3, 0.4) is 0 Å². The molecule has 7 heteroatoms. The largest absolute Gasteiger partial charge is 0.384 e. The van der Waals surface area contributed by atoms with Gasteiger partial charge >= 0.3 is 0 Å². The van der Waals surface area contributed by atoms with Crippen molar-refractivity contribution >= 4 is 23.2 Å². The molecule has 5 rings (SSSR count). The van der Waals surface area contributed by atoms with Crippen LogP contribution in [0.4, 0.5) is 5.69 Å². The van der Waals surface area contributed by atoms with E-state index < -0.39 is 0 Å². The van der Waals surface area contributed by atoms with E-state index in [0.29, 0.717) is 35.1 Å². The van der Waals surface area contributed by atoms with Crippen LogP contribution in [0.5, 0.6) is 0 Å². The maximum Gasteiger partial charge on any atom is 0.222 e. The maximum atomic E-state index is 13.6. The highest BCUT2D eigenvalue weighted by Crippen LogP contribution is 2.35. The van der Waals surface area contributed by atoms with Gasteiger partial charge in [-0.1, -0.05) is 30.3 Å². The number of rotatable bonds is 10. The van der Waals surface area contributed by atoms with Gasteiger partial charge in [-0.15, -0.1) is 0 Å². The monoisotopic (exact) mass is 489 g/mol. The van der Waals surface area contributed by atoms with Crippen molar-refractivity contribution in [1.29, 1.82) is 0 Å². The van der Waals surface area contributed by atoms with Crippen LogP contribution >= 0.6 is 0 Å². The minimum absolute atomic E-state index is 0.0677. The van der Waals surface area contributed by atoms with Crippen molar-refractivity contribution in [3.63, 3.8) is 0 Å². The first-order chi connectivity index (χ1) is 17.6. The molecule has 1 amide bonds. The molecule has 2 aromatic carbocycles.